The molecule has 66 valence electrons. The minimum Gasteiger partial charge on any atom is -0.327 e. The van der Waals surface area contributed by atoms with Gasteiger partial charge in [0.15, 0.2) is 0 Å². The first kappa shape index (κ1) is 9.01. The maximum absolute atomic E-state index is 5.87. The van der Waals surface area contributed by atoms with E-state index >= 15 is 0 Å². The minimum absolute atomic E-state index is 0.385. The molecule has 11 heavy (non-hydrogen) atoms. The second-order valence-corrected chi connectivity index (χ2v) is 3.58. The van der Waals surface area contributed by atoms with Crippen molar-refractivity contribution >= 4 is 0 Å². The Morgan fingerprint density at radius 1 is 1.55 bits per heavy atom. The molecule has 0 aromatic carbocycles. The molecule has 0 radical (unpaired) electrons. The lowest BCUT2D eigenvalue weighted by Crippen LogP contribution is -2.34. The van der Waals surface area contributed by atoms with Crippen LogP contribution in [0, 0.1) is 0 Å². The van der Waals surface area contributed by atoms with Crippen molar-refractivity contribution in [2.24, 2.45) is 5.73 Å². The number of nitrogens with two attached hydrogens (primary N) is 1. The number of nitrogens with one attached hydrogen (secondary N) is 1. The Labute approximate surface area is 69.5 Å². The molecule has 0 saturated heterocycles. The fourth-order valence-electron chi connectivity index (χ4n) is 1.17. The number of rotatable bonds is 6. The molecule has 1 atom stereocenters. The normalized spacial score (nSPS) is 20.2. The van der Waals surface area contributed by atoms with E-state index in [0.29, 0.717) is 6.04 Å². The van der Waals surface area contributed by atoms with Crippen molar-refractivity contribution in [1.82, 2.24) is 5.32 Å². The van der Waals surface area contributed by atoms with Crippen LogP contribution in [0.4, 0.5) is 0 Å². The topological polar surface area (TPSA) is 38.0 Å². The van der Waals surface area contributed by atoms with E-state index in [1.165, 1.54) is 32.1 Å². The molecule has 0 spiro atoms. The van der Waals surface area contributed by atoms with Gasteiger partial charge in [0.1, 0.15) is 0 Å². The fourth-order valence-corrected chi connectivity index (χ4v) is 1.17. The lowest BCUT2D eigenvalue weighted by molar-refractivity contribution is 0.523. The first-order valence-corrected chi connectivity index (χ1v) is 4.82. The molecule has 3 N–H and O–H groups in total. The third-order valence-electron chi connectivity index (χ3n) is 2.17. The standard InChI is InChI=1S/C9H20N2/c1-2-3-4-8(10)7-11-9-5-6-9/h8-9,11H,2-7,10H2,1H3. The van der Waals surface area contributed by atoms with Gasteiger partial charge in [0.25, 0.3) is 0 Å². The molecular formula is C9H20N2. The average molecular weight is 156 g/mol. The van der Waals surface area contributed by atoms with Crippen molar-refractivity contribution in [1.29, 1.82) is 0 Å². The highest BCUT2D eigenvalue weighted by Gasteiger charge is 2.20. The van der Waals surface area contributed by atoms with Gasteiger partial charge >= 0.3 is 0 Å². The summed E-state index contributed by atoms with van der Waals surface area (Å²) in [5.74, 6) is 0. The van der Waals surface area contributed by atoms with Gasteiger partial charge in [-0.05, 0) is 19.3 Å². The van der Waals surface area contributed by atoms with Crippen LogP contribution >= 0.6 is 0 Å². The molecule has 1 aliphatic carbocycles. The van der Waals surface area contributed by atoms with Crippen molar-refractivity contribution in [3.8, 4) is 0 Å². The van der Waals surface area contributed by atoms with Crippen LogP contribution < -0.4 is 11.1 Å². The summed E-state index contributed by atoms with van der Waals surface area (Å²) >= 11 is 0. The molecule has 1 fully saturated rings. The Hall–Kier alpha value is -0.0800. The zero-order valence-corrected chi connectivity index (χ0v) is 7.47. The van der Waals surface area contributed by atoms with Gasteiger partial charge in [-0.25, -0.2) is 0 Å². The zero-order valence-electron chi connectivity index (χ0n) is 7.47. The molecule has 0 bridgehead atoms. The third-order valence-corrected chi connectivity index (χ3v) is 2.17. The molecule has 1 saturated carbocycles. The average Bonchev–Trinajstić information content (AvgIpc) is 2.80. The molecule has 0 aromatic rings. The van der Waals surface area contributed by atoms with Crippen molar-refractivity contribution in [2.45, 2.75) is 51.1 Å². The van der Waals surface area contributed by atoms with Gasteiger partial charge in [-0.15, -0.1) is 0 Å². The van der Waals surface area contributed by atoms with E-state index in [1.807, 2.05) is 0 Å². The van der Waals surface area contributed by atoms with Crippen LogP contribution in [-0.4, -0.2) is 18.6 Å². The van der Waals surface area contributed by atoms with E-state index in [-0.39, 0.29) is 0 Å². The molecule has 1 unspecified atom stereocenters. The van der Waals surface area contributed by atoms with Gasteiger partial charge in [0.2, 0.25) is 0 Å². The molecule has 0 aliphatic heterocycles. The second kappa shape index (κ2) is 4.73. The largest absolute Gasteiger partial charge is 0.327 e. The Bertz CT molecular complexity index is 99.7. The second-order valence-electron chi connectivity index (χ2n) is 3.58. The summed E-state index contributed by atoms with van der Waals surface area (Å²) in [6.45, 7) is 3.23. The van der Waals surface area contributed by atoms with Crippen molar-refractivity contribution < 1.29 is 0 Å². The number of unbranched alkanes of at least 4 members (excludes halogenated alkanes) is 1. The van der Waals surface area contributed by atoms with Crippen LogP contribution in [0.15, 0.2) is 0 Å². The van der Waals surface area contributed by atoms with Crippen molar-refractivity contribution in [2.75, 3.05) is 6.54 Å². The van der Waals surface area contributed by atoms with Gasteiger partial charge in [-0.2, -0.15) is 0 Å². The summed E-state index contributed by atoms with van der Waals surface area (Å²) in [7, 11) is 0. The van der Waals surface area contributed by atoms with Crippen LogP contribution in [-0.2, 0) is 0 Å². The van der Waals surface area contributed by atoms with E-state index < -0.39 is 0 Å². The first-order valence-electron chi connectivity index (χ1n) is 4.82. The highest BCUT2D eigenvalue weighted by Crippen LogP contribution is 2.18. The van der Waals surface area contributed by atoms with E-state index in [4.69, 9.17) is 5.73 Å². The molecule has 1 rings (SSSR count). The smallest absolute Gasteiger partial charge is 0.0165 e. The predicted molar refractivity (Wildman–Crippen MR) is 48.5 cm³/mol. The minimum atomic E-state index is 0.385. The van der Waals surface area contributed by atoms with Gasteiger partial charge in [-0.3, -0.25) is 0 Å². The van der Waals surface area contributed by atoms with Crippen LogP contribution in [0.2, 0.25) is 0 Å². The van der Waals surface area contributed by atoms with Gasteiger partial charge in [-0.1, -0.05) is 19.8 Å². The Balaban J connectivity index is 1.87. The first-order chi connectivity index (χ1) is 5.33. The summed E-state index contributed by atoms with van der Waals surface area (Å²) in [4.78, 5) is 0. The van der Waals surface area contributed by atoms with Crippen LogP contribution in [0.25, 0.3) is 0 Å². The number of hydrogen-bond acceptors (Lipinski definition) is 2. The van der Waals surface area contributed by atoms with Gasteiger partial charge < -0.3 is 11.1 Å². The summed E-state index contributed by atoms with van der Waals surface area (Å²) in [6.07, 6.45) is 6.43. The molecule has 2 nitrogen and oxygen atoms in total. The quantitative estimate of drug-likeness (QED) is 0.607. The Morgan fingerprint density at radius 2 is 2.27 bits per heavy atom. The van der Waals surface area contributed by atoms with Crippen LogP contribution in [0.1, 0.15) is 39.0 Å². The van der Waals surface area contributed by atoms with Crippen molar-refractivity contribution in [3.05, 3.63) is 0 Å². The van der Waals surface area contributed by atoms with E-state index in [0.717, 1.165) is 12.6 Å². The molecule has 2 heteroatoms. The maximum atomic E-state index is 5.87. The molecule has 1 aliphatic rings. The number of hydrogen-bond donors (Lipinski definition) is 2. The lowest BCUT2D eigenvalue weighted by Gasteiger charge is -2.10. The lowest BCUT2D eigenvalue weighted by atomic mass is 10.1. The maximum Gasteiger partial charge on any atom is 0.0165 e. The highest BCUT2D eigenvalue weighted by atomic mass is 15.0. The molecule has 0 heterocycles. The monoisotopic (exact) mass is 156 g/mol. The van der Waals surface area contributed by atoms with Crippen molar-refractivity contribution in [3.63, 3.8) is 0 Å². The summed E-state index contributed by atoms with van der Waals surface area (Å²) in [6, 6.07) is 1.19. The summed E-state index contributed by atoms with van der Waals surface area (Å²) in [5.41, 5.74) is 5.87. The van der Waals surface area contributed by atoms with Crippen LogP contribution in [0.3, 0.4) is 0 Å². The van der Waals surface area contributed by atoms with E-state index in [1.54, 1.807) is 0 Å². The molecule has 0 amide bonds. The summed E-state index contributed by atoms with van der Waals surface area (Å²) in [5, 5.41) is 3.44. The fraction of sp³-hybridized carbons (Fsp3) is 1.00. The van der Waals surface area contributed by atoms with E-state index in [9.17, 15) is 0 Å². The molecule has 0 aromatic heterocycles. The van der Waals surface area contributed by atoms with Gasteiger partial charge in [0, 0.05) is 18.6 Å². The predicted octanol–water partition coefficient (Wildman–Crippen LogP) is 1.26. The highest BCUT2D eigenvalue weighted by molar-refractivity contribution is 4.82. The third kappa shape index (κ3) is 4.38. The molecular weight excluding hydrogens is 136 g/mol. The van der Waals surface area contributed by atoms with E-state index in [2.05, 4.69) is 12.2 Å². The Kier molecular flexibility index (Phi) is 3.87. The SMILES string of the molecule is CCCCC(N)CNC1CC1. The summed E-state index contributed by atoms with van der Waals surface area (Å²) < 4.78 is 0. The van der Waals surface area contributed by atoms with Crippen LogP contribution in [0.5, 0.6) is 0 Å². The van der Waals surface area contributed by atoms with Gasteiger partial charge in [0.05, 0.1) is 0 Å². The Morgan fingerprint density at radius 3 is 2.82 bits per heavy atom. The zero-order chi connectivity index (χ0) is 8.10.